The first-order valence-corrected chi connectivity index (χ1v) is 6.66. The Bertz CT molecular complexity index is 719. The zero-order chi connectivity index (χ0) is 13.6. The molecule has 1 fully saturated rings. The van der Waals surface area contributed by atoms with E-state index in [1.807, 2.05) is 6.07 Å². The van der Waals surface area contributed by atoms with Crippen LogP contribution in [0.4, 0.5) is 5.82 Å². The number of carbonyl (C=O) groups excluding carboxylic acids is 2. The molecule has 7 heteroatoms. The number of hydrogen-bond donors (Lipinski definition) is 0. The summed E-state index contributed by atoms with van der Waals surface area (Å²) < 4.78 is 0.838. The average molecular weight is 341 g/mol. The fourth-order valence-electron chi connectivity index (χ4n) is 2.04. The predicted octanol–water partition coefficient (Wildman–Crippen LogP) is 2.35. The Morgan fingerprint density at radius 1 is 1.26 bits per heavy atom. The van der Waals surface area contributed by atoms with E-state index >= 15 is 0 Å². The molecule has 3 rings (SSSR count). The highest BCUT2D eigenvalue weighted by atomic mass is 79.9. The first-order chi connectivity index (χ1) is 9.04. The van der Waals surface area contributed by atoms with Gasteiger partial charge in [0.25, 0.3) is 0 Å². The van der Waals surface area contributed by atoms with Gasteiger partial charge in [0.2, 0.25) is 11.2 Å². The fourth-order valence-corrected chi connectivity index (χ4v) is 2.57. The molecule has 0 spiro atoms. The van der Waals surface area contributed by atoms with Gasteiger partial charge in [-0.15, -0.1) is 0 Å². The van der Waals surface area contributed by atoms with Gasteiger partial charge >= 0.3 is 0 Å². The number of rotatable bonds is 1. The monoisotopic (exact) mass is 339 g/mol. The molecule has 0 bridgehead atoms. The molecule has 1 saturated heterocycles. The fraction of sp³-hybridized carbons (Fsp3) is 0.167. The van der Waals surface area contributed by atoms with Crippen LogP contribution in [0.5, 0.6) is 0 Å². The summed E-state index contributed by atoms with van der Waals surface area (Å²) in [4.78, 5) is 32.7. The molecule has 1 aromatic carbocycles. The number of hydrogen-bond acceptors (Lipinski definition) is 4. The lowest BCUT2D eigenvalue weighted by atomic mass is 10.2. The van der Waals surface area contributed by atoms with Crippen molar-refractivity contribution in [1.82, 2.24) is 9.97 Å². The normalized spacial score (nSPS) is 15.6. The van der Waals surface area contributed by atoms with Gasteiger partial charge in [-0.05, 0) is 29.8 Å². The van der Waals surface area contributed by atoms with Crippen LogP contribution in [0.2, 0.25) is 5.28 Å². The van der Waals surface area contributed by atoms with Gasteiger partial charge < -0.3 is 0 Å². The maximum atomic E-state index is 11.8. The van der Waals surface area contributed by atoms with E-state index in [0.717, 1.165) is 4.47 Å². The van der Waals surface area contributed by atoms with E-state index in [0.29, 0.717) is 16.7 Å². The number of amides is 1. The molecule has 5 nitrogen and oxygen atoms in total. The standard InChI is InChI=1S/C12H7BrClN3O2/c13-6-1-2-9-8(3-6)11(16-12(14)15-9)17-5-7(18)4-10(17)19/h1-3H,4-5H2. The SMILES string of the molecule is O=C1CC(=O)N(c2nc(Cl)nc3ccc(Br)cc23)C1. The van der Waals surface area contributed by atoms with Crippen molar-refractivity contribution >= 4 is 55.9 Å². The number of aromatic nitrogens is 2. The van der Waals surface area contributed by atoms with Gasteiger partial charge in [-0.1, -0.05) is 15.9 Å². The minimum Gasteiger partial charge on any atom is -0.297 e. The Kier molecular flexibility index (Phi) is 2.99. The number of carbonyl (C=O) groups is 2. The lowest BCUT2D eigenvalue weighted by Crippen LogP contribution is -2.26. The Balaban J connectivity index is 2.24. The quantitative estimate of drug-likeness (QED) is 0.590. The van der Waals surface area contributed by atoms with Crippen LogP contribution >= 0.6 is 27.5 Å². The predicted molar refractivity (Wildman–Crippen MR) is 74.2 cm³/mol. The third kappa shape index (κ3) is 2.21. The van der Waals surface area contributed by atoms with Gasteiger partial charge in [0.1, 0.15) is 5.82 Å². The minimum absolute atomic E-state index is 0.0355. The summed E-state index contributed by atoms with van der Waals surface area (Å²) in [7, 11) is 0. The van der Waals surface area contributed by atoms with Gasteiger partial charge in [0, 0.05) is 9.86 Å². The van der Waals surface area contributed by atoms with Gasteiger partial charge in [0.05, 0.1) is 18.5 Å². The van der Waals surface area contributed by atoms with Crippen LogP contribution in [0.15, 0.2) is 22.7 Å². The first-order valence-electron chi connectivity index (χ1n) is 5.49. The largest absolute Gasteiger partial charge is 0.297 e. The lowest BCUT2D eigenvalue weighted by molar-refractivity contribution is -0.121. The molecule has 19 heavy (non-hydrogen) atoms. The van der Waals surface area contributed by atoms with Crippen LogP contribution in [0.3, 0.4) is 0 Å². The number of benzene rings is 1. The molecule has 1 aliphatic heterocycles. The molecule has 1 aliphatic rings. The van der Waals surface area contributed by atoms with E-state index in [9.17, 15) is 9.59 Å². The Hall–Kier alpha value is -1.53. The number of anilines is 1. The smallest absolute Gasteiger partial charge is 0.236 e. The van der Waals surface area contributed by atoms with E-state index < -0.39 is 0 Å². The van der Waals surface area contributed by atoms with Gasteiger partial charge in [-0.3, -0.25) is 14.5 Å². The van der Waals surface area contributed by atoms with Gasteiger partial charge in [-0.25, -0.2) is 4.98 Å². The first kappa shape index (κ1) is 12.5. The van der Waals surface area contributed by atoms with Crippen molar-refractivity contribution in [2.45, 2.75) is 6.42 Å². The van der Waals surface area contributed by atoms with E-state index in [1.165, 1.54) is 4.90 Å². The molecule has 2 heterocycles. The third-order valence-electron chi connectivity index (χ3n) is 2.85. The molecule has 0 atom stereocenters. The summed E-state index contributed by atoms with van der Waals surface area (Å²) in [6.45, 7) is 0.0355. The van der Waals surface area contributed by atoms with Crippen LogP contribution < -0.4 is 4.90 Å². The van der Waals surface area contributed by atoms with E-state index in [1.54, 1.807) is 12.1 Å². The highest BCUT2D eigenvalue weighted by Gasteiger charge is 2.31. The van der Waals surface area contributed by atoms with Crippen molar-refractivity contribution in [3.8, 4) is 0 Å². The maximum absolute atomic E-state index is 11.8. The van der Waals surface area contributed by atoms with Crippen molar-refractivity contribution in [3.63, 3.8) is 0 Å². The van der Waals surface area contributed by atoms with Crippen molar-refractivity contribution < 1.29 is 9.59 Å². The molecule has 0 radical (unpaired) electrons. The van der Waals surface area contributed by atoms with E-state index in [4.69, 9.17) is 11.6 Å². The number of Topliss-reactive ketones (excluding diaryl/α,β-unsaturated/α-hetero) is 1. The van der Waals surface area contributed by atoms with Crippen molar-refractivity contribution in [3.05, 3.63) is 28.0 Å². The molecule has 2 aromatic rings. The summed E-state index contributed by atoms with van der Waals surface area (Å²) in [5, 5.41) is 0.735. The summed E-state index contributed by atoms with van der Waals surface area (Å²) in [6.07, 6.45) is -0.0862. The molecular weight excluding hydrogens is 334 g/mol. The minimum atomic E-state index is -0.263. The molecular formula is C12H7BrClN3O2. The summed E-state index contributed by atoms with van der Waals surface area (Å²) in [5.74, 6) is -0.00364. The van der Waals surface area contributed by atoms with Crippen LogP contribution in [0.25, 0.3) is 10.9 Å². The van der Waals surface area contributed by atoms with Crippen LogP contribution in [0.1, 0.15) is 6.42 Å². The summed E-state index contributed by atoms with van der Waals surface area (Å²) in [5.41, 5.74) is 0.630. The second-order valence-electron chi connectivity index (χ2n) is 4.17. The average Bonchev–Trinajstić information content (AvgIpc) is 2.68. The summed E-state index contributed by atoms with van der Waals surface area (Å²) >= 11 is 9.23. The number of ketones is 1. The maximum Gasteiger partial charge on any atom is 0.236 e. The molecule has 1 aromatic heterocycles. The third-order valence-corrected chi connectivity index (χ3v) is 3.51. The molecule has 96 valence electrons. The Morgan fingerprint density at radius 3 is 2.74 bits per heavy atom. The van der Waals surface area contributed by atoms with Gasteiger partial charge in [-0.2, -0.15) is 4.98 Å². The molecule has 0 saturated carbocycles. The lowest BCUT2D eigenvalue weighted by Gasteiger charge is -2.16. The van der Waals surface area contributed by atoms with Crippen molar-refractivity contribution in [2.75, 3.05) is 11.4 Å². The molecule has 0 N–H and O–H groups in total. The summed E-state index contributed by atoms with van der Waals surface area (Å²) in [6, 6.07) is 5.41. The van der Waals surface area contributed by atoms with Crippen LogP contribution in [-0.4, -0.2) is 28.2 Å². The van der Waals surface area contributed by atoms with Gasteiger partial charge in [0.15, 0.2) is 5.78 Å². The molecule has 0 aliphatic carbocycles. The molecule has 0 unspecified atom stereocenters. The second kappa shape index (κ2) is 4.54. The van der Waals surface area contributed by atoms with Crippen molar-refractivity contribution in [2.24, 2.45) is 0 Å². The number of halogens is 2. The Labute approximate surface area is 121 Å². The van der Waals surface area contributed by atoms with E-state index in [2.05, 4.69) is 25.9 Å². The zero-order valence-corrected chi connectivity index (χ0v) is 11.9. The second-order valence-corrected chi connectivity index (χ2v) is 5.43. The number of nitrogens with zero attached hydrogens (tertiary/aromatic N) is 3. The van der Waals surface area contributed by atoms with Crippen LogP contribution in [-0.2, 0) is 9.59 Å². The molecule has 1 amide bonds. The van der Waals surface area contributed by atoms with Crippen molar-refractivity contribution in [1.29, 1.82) is 0 Å². The Morgan fingerprint density at radius 2 is 2.05 bits per heavy atom. The number of fused-ring (bicyclic) bond motifs is 1. The van der Waals surface area contributed by atoms with Crippen LogP contribution in [0, 0.1) is 0 Å². The topological polar surface area (TPSA) is 63.2 Å². The highest BCUT2D eigenvalue weighted by Crippen LogP contribution is 2.29. The zero-order valence-electron chi connectivity index (χ0n) is 9.56. The van der Waals surface area contributed by atoms with E-state index in [-0.39, 0.29) is 29.9 Å². The highest BCUT2D eigenvalue weighted by molar-refractivity contribution is 9.10.